The Labute approximate surface area is 103 Å². The molecule has 0 spiro atoms. The first-order valence-electron chi connectivity index (χ1n) is 6.86. The van der Waals surface area contributed by atoms with Crippen LogP contribution in [0.2, 0.25) is 0 Å². The second-order valence-electron chi connectivity index (χ2n) is 5.17. The molecule has 0 bridgehead atoms. The molecule has 100 valence electrons. The minimum absolute atomic E-state index is 0. The lowest BCUT2D eigenvalue weighted by Gasteiger charge is -2.28. The van der Waals surface area contributed by atoms with E-state index in [1.54, 1.807) is 0 Å². The lowest BCUT2D eigenvalue weighted by molar-refractivity contribution is 0.246. The average Bonchev–Trinajstić information content (AvgIpc) is 2.25. The van der Waals surface area contributed by atoms with E-state index in [2.05, 4.69) is 13.8 Å². The van der Waals surface area contributed by atoms with Crippen molar-refractivity contribution in [2.24, 2.45) is 11.8 Å². The Hall–Kier alpha value is -0.0800. The normalized spacial score (nSPS) is 24.4. The van der Waals surface area contributed by atoms with E-state index in [0.717, 1.165) is 11.8 Å². The standard InChI is InChI=1S/C14H28.2H3N/c1-3-5-7-13-9-11-14(12-10-13)8-6-4-2;;/h13-14H,3-12H2,1-2H3;2*1H3. The van der Waals surface area contributed by atoms with Gasteiger partial charge in [0.2, 0.25) is 0 Å². The fraction of sp³-hybridized carbons (Fsp3) is 1.00. The van der Waals surface area contributed by atoms with Gasteiger partial charge in [-0.2, -0.15) is 0 Å². The van der Waals surface area contributed by atoms with Crippen molar-refractivity contribution < 1.29 is 0 Å². The van der Waals surface area contributed by atoms with Crippen LogP contribution in [0.1, 0.15) is 78.1 Å². The highest BCUT2D eigenvalue weighted by molar-refractivity contribution is 4.72. The molecule has 0 unspecified atom stereocenters. The summed E-state index contributed by atoms with van der Waals surface area (Å²) in [6, 6.07) is 0. The molecule has 2 heteroatoms. The lowest BCUT2D eigenvalue weighted by Crippen LogP contribution is -2.14. The summed E-state index contributed by atoms with van der Waals surface area (Å²) in [7, 11) is 0. The maximum atomic E-state index is 2.31. The second-order valence-corrected chi connectivity index (χ2v) is 5.17. The molecule has 16 heavy (non-hydrogen) atoms. The van der Waals surface area contributed by atoms with E-state index in [9.17, 15) is 0 Å². The molecule has 6 N–H and O–H groups in total. The molecule has 0 aromatic heterocycles. The first kappa shape index (κ1) is 18.3. The number of rotatable bonds is 6. The summed E-state index contributed by atoms with van der Waals surface area (Å²) in [6.07, 6.45) is 14.9. The summed E-state index contributed by atoms with van der Waals surface area (Å²) in [5, 5.41) is 0. The van der Waals surface area contributed by atoms with Crippen LogP contribution in [0.25, 0.3) is 0 Å². The van der Waals surface area contributed by atoms with Gasteiger partial charge >= 0.3 is 0 Å². The predicted molar refractivity (Wildman–Crippen MR) is 74.5 cm³/mol. The molecule has 1 aliphatic carbocycles. The van der Waals surface area contributed by atoms with Crippen LogP contribution in [0.5, 0.6) is 0 Å². The molecule has 0 radical (unpaired) electrons. The van der Waals surface area contributed by atoms with Gasteiger partial charge in [-0.05, 0) is 11.8 Å². The molecule has 0 atom stereocenters. The van der Waals surface area contributed by atoms with Crippen LogP contribution >= 0.6 is 0 Å². The van der Waals surface area contributed by atoms with E-state index in [4.69, 9.17) is 0 Å². The maximum Gasteiger partial charge on any atom is -0.0414 e. The van der Waals surface area contributed by atoms with Gasteiger partial charge in [-0.25, -0.2) is 0 Å². The summed E-state index contributed by atoms with van der Waals surface area (Å²) in [5.41, 5.74) is 0. The van der Waals surface area contributed by atoms with Gasteiger partial charge in [0, 0.05) is 0 Å². The van der Waals surface area contributed by atoms with Crippen LogP contribution < -0.4 is 12.3 Å². The van der Waals surface area contributed by atoms with Crippen molar-refractivity contribution in [3.8, 4) is 0 Å². The topological polar surface area (TPSA) is 70.0 Å². The number of unbranched alkanes of at least 4 members (excludes halogenated alkanes) is 2. The van der Waals surface area contributed by atoms with Crippen LogP contribution in [-0.2, 0) is 0 Å². The predicted octanol–water partition coefficient (Wildman–Crippen LogP) is 5.50. The van der Waals surface area contributed by atoms with Crippen molar-refractivity contribution in [2.75, 3.05) is 0 Å². The third-order valence-corrected chi connectivity index (χ3v) is 3.90. The van der Waals surface area contributed by atoms with E-state index in [1.807, 2.05) is 0 Å². The van der Waals surface area contributed by atoms with Crippen molar-refractivity contribution in [1.29, 1.82) is 0 Å². The van der Waals surface area contributed by atoms with Gasteiger partial charge in [0.15, 0.2) is 0 Å². The van der Waals surface area contributed by atoms with E-state index >= 15 is 0 Å². The highest BCUT2D eigenvalue weighted by Gasteiger charge is 2.19. The average molecular weight is 230 g/mol. The second kappa shape index (κ2) is 11.4. The smallest absolute Gasteiger partial charge is 0.0414 e. The van der Waals surface area contributed by atoms with E-state index < -0.39 is 0 Å². The fourth-order valence-electron chi connectivity index (χ4n) is 2.79. The molecule has 0 aromatic rings. The molecule has 0 aromatic carbocycles. The zero-order valence-corrected chi connectivity index (χ0v) is 11.6. The van der Waals surface area contributed by atoms with Crippen molar-refractivity contribution >= 4 is 0 Å². The molecular formula is C14H34N2. The van der Waals surface area contributed by atoms with Crippen LogP contribution in [-0.4, -0.2) is 0 Å². The monoisotopic (exact) mass is 230 g/mol. The van der Waals surface area contributed by atoms with Gasteiger partial charge in [-0.1, -0.05) is 78.1 Å². The van der Waals surface area contributed by atoms with Gasteiger partial charge in [-0.15, -0.1) is 0 Å². The minimum Gasteiger partial charge on any atom is -0.344 e. The van der Waals surface area contributed by atoms with Crippen molar-refractivity contribution in [1.82, 2.24) is 12.3 Å². The molecule has 1 saturated carbocycles. The Morgan fingerprint density at radius 2 is 1.00 bits per heavy atom. The van der Waals surface area contributed by atoms with E-state index in [1.165, 1.54) is 64.2 Å². The molecule has 1 rings (SSSR count). The SMILES string of the molecule is CCCCC1CCC(CCCC)CC1.N.N. The Balaban J connectivity index is 0. The first-order valence-corrected chi connectivity index (χ1v) is 6.86. The van der Waals surface area contributed by atoms with Crippen molar-refractivity contribution in [3.63, 3.8) is 0 Å². The molecule has 2 nitrogen and oxygen atoms in total. The Kier molecular flexibility index (Phi) is 13.0. The molecule has 0 saturated heterocycles. The van der Waals surface area contributed by atoms with Gasteiger partial charge in [0.25, 0.3) is 0 Å². The van der Waals surface area contributed by atoms with Gasteiger partial charge < -0.3 is 12.3 Å². The molecule has 1 fully saturated rings. The van der Waals surface area contributed by atoms with Crippen LogP contribution in [0.15, 0.2) is 0 Å². The summed E-state index contributed by atoms with van der Waals surface area (Å²) >= 11 is 0. The van der Waals surface area contributed by atoms with Gasteiger partial charge in [-0.3, -0.25) is 0 Å². The Morgan fingerprint density at radius 1 is 0.688 bits per heavy atom. The lowest BCUT2D eigenvalue weighted by atomic mass is 9.78. The van der Waals surface area contributed by atoms with Gasteiger partial charge in [0.1, 0.15) is 0 Å². The quantitative estimate of drug-likeness (QED) is 0.632. The summed E-state index contributed by atoms with van der Waals surface area (Å²) < 4.78 is 0. The largest absolute Gasteiger partial charge is 0.344 e. The molecular weight excluding hydrogens is 196 g/mol. The van der Waals surface area contributed by atoms with Crippen molar-refractivity contribution in [3.05, 3.63) is 0 Å². The van der Waals surface area contributed by atoms with Gasteiger partial charge in [0.05, 0.1) is 0 Å². The summed E-state index contributed by atoms with van der Waals surface area (Å²) in [4.78, 5) is 0. The molecule has 0 aliphatic heterocycles. The Morgan fingerprint density at radius 3 is 1.25 bits per heavy atom. The summed E-state index contributed by atoms with van der Waals surface area (Å²) in [6.45, 7) is 4.62. The molecule has 0 heterocycles. The highest BCUT2D eigenvalue weighted by atomic mass is 14.3. The summed E-state index contributed by atoms with van der Waals surface area (Å²) in [5.74, 6) is 2.18. The molecule has 0 amide bonds. The molecule has 1 aliphatic rings. The van der Waals surface area contributed by atoms with Crippen LogP contribution in [0.3, 0.4) is 0 Å². The number of hydrogen-bond donors (Lipinski definition) is 2. The maximum absolute atomic E-state index is 2.31. The third-order valence-electron chi connectivity index (χ3n) is 3.90. The third kappa shape index (κ3) is 7.24. The van der Waals surface area contributed by atoms with Crippen molar-refractivity contribution in [2.45, 2.75) is 78.1 Å². The number of hydrogen-bond acceptors (Lipinski definition) is 2. The van der Waals surface area contributed by atoms with E-state index in [-0.39, 0.29) is 12.3 Å². The highest BCUT2D eigenvalue weighted by Crippen LogP contribution is 2.34. The zero-order valence-electron chi connectivity index (χ0n) is 11.6. The minimum atomic E-state index is 0. The van der Waals surface area contributed by atoms with E-state index in [0.29, 0.717) is 0 Å². The van der Waals surface area contributed by atoms with Crippen LogP contribution in [0, 0.1) is 11.8 Å². The Bertz CT molecular complexity index is 113. The van der Waals surface area contributed by atoms with Crippen LogP contribution in [0.4, 0.5) is 0 Å². The first-order chi connectivity index (χ1) is 6.86. The fourth-order valence-corrected chi connectivity index (χ4v) is 2.79. The zero-order chi connectivity index (χ0) is 10.2.